The number of ether oxygens (including phenoxy) is 1. The number of carbonyl (C=O) groups is 1. The first-order valence-electron chi connectivity index (χ1n) is 10.6. The number of nitrogens with zero attached hydrogens (tertiary/aromatic N) is 2. The lowest BCUT2D eigenvalue weighted by atomic mass is 10.0. The Labute approximate surface area is 185 Å². The highest BCUT2D eigenvalue weighted by Gasteiger charge is 2.22. The van der Waals surface area contributed by atoms with E-state index in [4.69, 9.17) is 16.3 Å². The van der Waals surface area contributed by atoms with Crippen LogP contribution in [0.25, 0.3) is 0 Å². The molecule has 0 spiro atoms. The second-order valence-corrected chi connectivity index (χ2v) is 8.63. The average molecular weight is 430 g/mol. The van der Waals surface area contributed by atoms with Gasteiger partial charge in [0.2, 0.25) is 0 Å². The predicted octanol–water partition coefficient (Wildman–Crippen LogP) is 3.98. The van der Waals surface area contributed by atoms with Gasteiger partial charge >= 0.3 is 0 Å². The van der Waals surface area contributed by atoms with Gasteiger partial charge < -0.3 is 15.0 Å². The summed E-state index contributed by atoms with van der Waals surface area (Å²) in [6.07, 6.45) is 2.08. The topological polar surface area (TPSA) is 44.8 Å². The van der Waals surface area contributed by atoms with Crippen LogP contribution >= 0.6 is 11.6 Å². The Bertz CT molecular complexity index is 848. The van der Waals surface area contributed by atoms with Gasteiger partial charge in [-0.25, -0.2) is 0 Å². The normalized spacial score (nSPS) is 15.4. The van der Waals surface area contributed by atoms with Crippen LogP contribution in [0, 0.1) is 6.92 Å². The van der Waals surface area contributed by atoms with Crippen LogP contribution in [-0.2, 0) is 6.54 Å². The minimum absolute atomic E-state index is 0.116. The maximum Gasteiger partial charge on any atom is 0.251 e. The molecule has 2 aromatic rings. The summed E-state index contributed by atoms with van der Waals surface area (Å²) in [5.74, 6) is 0.536. The quantitative estimate of drug-likeness (QED) is 0.689. The largest absolute Gasteiger partial charge is 0.489 e. The molecule has 0 atom stereocenters. The Balaban J connectivity index is 1.49. The predicted molar refractivity (Wildman–Crippen MR) is 122 cm³/mol. The van der Waals surface area contributed by atoms with E-state index in [1.54, 1.807) is 12.1 Å². The molecule has 0 aliphatic carbocycles. The fourth-order valence-corrected chi connectivity index (χ4v) is 3.85. The lowest BCUT2D eigenvalue weighted by molar-refractivity contribution is 0.0948. The Morgan fingerprint density at radius 1 is 1.20 bits per heavy atom. The smallest absolute Gasteiger partial charge is 0.251 e. The minimum atomic E-state index is -0.116. The van der Waals surface area contributed by atoms with Crippen molar-refractivity contribution in [2.45, 2.75) is 32.4 Å². The highest BCUT2D eigenvalue weighted by atomic mass is 35.5. The lowest BCUT2D eigenvalue weighted by Crippen LogP contribution is -2.38. The second kappa shape index (κ2) is 10.8. The molecule has 6 heteroatoms. The van der Waals surface area contributed by atoms with Gasteiger partial charge in [0.05, 0.1) is 5.02 Å². The van der Waals surface area contributed by atoms with Gasteiger partial charge in [0, 0.05) is 38.3 Å². The van der Waals surface area contributed by atoms with Gasteiger partial charge in [0.1, 0.15) is 11.9 Å². The summed E-state index contributed by atoms with van der Waals surface area (Å²) in [7, 11) is 3.95. The maximum absolute atomic E-state index is 12.3. The van der Waals surface area contributed by atoms with Gasteiger partial charge in [-0.1, -0.05) is 35.9 Å². The first-order chi connectivity index (χ1) is 14.4. The van der Waals surface area contributed by atoms with Crippen molar-refractivity contribution >= 4 is 17.5 Å². The lowest BCUT2D eigenvalue weighted by Gasteiger charge is -2.32. The summed E-state index contributed by atoms with van der Waals surface area (Å²) < 4.78 is 6.16. The molecule has 1 saturated heterocycles. The third kappa shape index (κ3) is 6.46. The molecular weight excluding hydrogens is 398 g/mol. The molecule has 1 aliphatic rings. The van der Waals surface area contributed by atoms with Crippen molar-refractivity contribution in [2.24, 2.45) is 0 Å². The highest BCUT2D eigenvalue weighted by molar-refractivity contribution is 6.32. The molecule has 0 radical (unpaired) electrons. The van der Waals surface area contributed by atoms with E-state index in [1.807, 2.05) is 25.1 Å². The van der Waals surface area contributed by atoms with E-state index in [0.29, 0.717) is 22.9 Å². The van der Waals surface area contributed by atoms with Gasteiger partial charge in [-0.05, 0) is 63.2 Å². The van der Waals surface area contributed by atoms with Gasteiger partial charge in [-0.3, -0.25) is 9.69 Å². The Morgan fingerprint density at radius 3 is 2.60 bits per heavy atom. The van der Waals surface area contributed by atoms with Crippen LogP contribution in [0.2, 0.25) is 5.02 Å². The van der Waals surface area contributed by atoms with Crippen molar-refractivity contribution < 1.29 is 9.53 Å². The number of aryl methyl sites for hydroxylation is 1. The number of nitrogens with one attached hydrogen (secondary N) is 1. The molecule has 162 valence electrons. The zero-order valence-corrected chi connectivity index (χ0v) is 18.9. The molecule has 0 saturated carbocycles. The van der Waals surface area contributed by atoms with E-state index in [-0.39, 0.29) is 12.0 Å². The summed E-state index contributed by atoms with van der Waals surface area (Å²) in [5.41, 5.74) is 3.28. The van der Waals surface area contributed by atoms with Crippen molar-refractivity contribution in [1.29, 1.82) is 0 Å². The first-order valence-corrected chi connectivity index (χ1v) is 11.0. The molecule has 5 nitrogen and oxygen atoms in total. The number of benzene rings is 2. The van der Waals surface area contributed by atoms with Gasteiger partial charge in [-0.15, -0.1) is 0 Å². The van der Waals surface area contributed by atoms with Crippen LogP contribution in [0.3, 0.4) is 0 Å². The molecule has 30 heavy (non-hydrogen) atoms. The SMILES string of the molecule is Cc1ccccc1CN1CCC(Oc2ccc(C(=O)NCCN(C)C)cc2Cl)CC1. The molecule has 0 aromatic heterocycles. The number of amides is 1. The fraction of sp³-hybridized carbons (Fsp3) is 0.458. The molecule has 1 amide bonds. The Morgan fingerprint density at radius 2 is 1.93 bits per heavy atom. The monoisotopic (exact) mass is 429 g/mol. The summed E-state index contributed by atoms with van der Waals surface area (Å²) in [6.45, 7) is 6.55. The van der Waals surface area contributed by atoms with E-state index in [9.17, 15) is 4.79 Å². The number of likely N-dealkylation sites (tertiary alicyclic amines) is 1. The van der Waals surface area contributed by atoms with Crippen molar-refractivity contribution in [3.8, 4) is 5.75 Å². The van der Waals surface area contributed by atoms with Gasteiger partial charge in [0.25, 0.3) is 5.91 Å². The second-order valence-electron chi connectivity index (χ2n) is 8.22. The number of rotatable bonds is 8. The van der Waals surface area contributed by atoms with Crippen molar-refractivity contribution in [3.05, 3.63) is 64.2 Å². The van der Waals surface area contributed by atoms with Crippen LogP contribution in [0.1, 0.15) is 34.3 Å². The first kappa shape index (κ1) is 22.6. The Hall–Kier alpha value is -2.08. The number of hydrogen-bond acceptors (Lipinski definition) is 4. The summed E-state index contributed by atoms with van der Waals surface area (Å²) in [4.78, 5) is 16.8. The Kier molecular flexibility index (Phi) is 8.14. The molecule has 0 bridgehead atoms. The number of likely N-dealkylation sites (N-methyl/N-ethyl adjacent to an activating group) is 1. The zero-order chi connectivity index (χ0) is 21.5. The van der Waals surface area contributed by atoms with Gasteiger partial charge in [0.15, 0.2) is 0 Å². The van der Waals surface area contributed by atoms with Gasteiger partial charge in [-0.2, -0.15) is 0 Å². The molecule has 2 aromatic carbocycles. The fourth-order valence-electron chi connectivity index (χ4n) is 3.63. The number of hydrogen-bond donors (Lipinski definition) is 1. The number of piperidine rings is 1. The molecule has 1 heterocycles. The third-order valence-corrected chi connectivity index (χ3v) is 5.82. The van der Waals surface area contributed by atoms with Crippen LogP contribution in [0.15, 0.2) is 42.5 Å². The molecule has 1 fully saturated rings. The summed E-state index contributed by atoms with van der Waals surface area (Å²) >= 11 is 6.41. The highest BCUT2D eigenvalue weighted by Crippen LogP contribution is 2.29. The molecular formula is C24H32ClN3O2. The van der Waals surface area contributed by atoms with E-state index >= 15 is 0 Å². The minimum Gasteiger partial charge on any atom is -0.489 e. The van der Waals surface area contributed by atoms with E-state index in [1.165, 1.54) is 11.1 Å². The molecule has 0 unspecified atom stereocenters. The summed E-state index contributed by atoms with van der Waals surface area (Å²) in [5, 5.41) is 3.39. The van der Waals surface area contributed by atoms with Crippen molar-refractivity contribution in [1.82, 2.24) is 15.1 Å². The zero-order valence-electron chi connectivity index (χ0n) is 18.2. The summed E-state index contributed by atoms with van der Waals surface area (Å²) in [6, 6.07) is 13.8. The number of halogens is 1. The van der Waals surface area contributed by atoms with E-state index in [2.05, 4.69) is 41.4 Å². The molecule has 3 rings (SSSR count). The van der Waals surface area contributed by atoms with Crippen LogP contribution in [0.4, 0.5) is 0 Å². The van der Waals surface area contributed by atoms with Crippen LogP contribution < -0.4 is 10.1 Å². The average Bonchev–Trinajstić information content (AvgIpc) is 2.72. The van der Waals surface area contributed by atoms with Crippen molar-refractivity contribution in [3.63, 3.8) is 0 Å². The number of carbonyl (C=O) groups excluding carboxylic acids is 1. The molecule has 1 N–H and O–H groups in total. The van der Waals surface area contributed by atoms with Crippen molar-refractivity contribution in [2.75, 3.05) is 40.3 Å². The van der Waals surface area contributed by atoms with E-state index in [0.717, 1.165) is 39.0 Å². The van der Waals surface area contributed by atoms with Crippen LogP contribution in [-0.4, -0.2) is 62.1 Å². The van der Waals surface area contributed by atoms with Crippen LogP contribution in [0.5, 0.6) is 5.75 Å². The molecule has 1 aliphatic heterocycles. The maximum atomic E-state index is 12.3. The third-order valence-electron chi connectivity index (χ3n) is 5.52. The standard InChI is InChI=1S/C24H32ClN3O2/c1-18-6-4-5-7-20(18)17-28-13-10-21(11-14-28)30-23-9-8-19(16-22(23)25)24(29)26-12-15-27(2)3/h4-9,16,21H,10-15,17H2,1-3H3,(H,26,29). The van der Waals surface area contributed by atoms with E-state index < -0.39 is 0 Å².